The van der Waals surface area contributed by atoms with Crippen LogP contribution in [0.25, 0.3) is 0 Å². The summed E-state index contributed by atoms with van der Waals surface area (Å²) in [5.74, 6) is 2.50. The second-order valence-corrected chi connectivity index (χ2v) is 8.46. The van der Waals surface area contributed by atoms with Gasteiger partial charge in [0, 0.05) is 33.2 Å². The molecule has 2 amide bonds. The first-order valence-corrected chi connectivity index (χ1v) is 9.81. The lowest BCUT2D eigenvalue weighted by Crippen LogP contribution is -2.48. The first-order chi connectivity index (χ1) is 12.1. The summed E-state index contributed by atoms with van der Waals surface area (Å²) in [6.07, 6.45) is 8.47. The smallest absolute Gasteiger partial charge is 0.239 e. The minimum absolute atomic E-state index is 0. The van der Waals surface area contributed by atoms with Gasteiger partial charge >= 0.3 is 0 Å². The van der Waals surface area contributed by atoms with Crippen LogP contribution in [0.15, 0.2) is 0 Å². The van der Waals surface area contributed by atoms with Gasteiger partial charge in [-0.3, -0.25) is 9.59 Å². The fourth-order valence-corrected chi connectivity index (χ4v) is 5.74. The molecule has 4 fully saturated rings. The van der Waals surface area contributed by atoms with Crippen molar-refractivity contribution >= 4 is 24.2 Å². The Morgan fingerprint density at radius 2 is 1.54 bits per heavy atom. The topological polar surface area (TPSA) is 79.5 Å². The van der Waals surface area contributed by atoms with E-state index in [1.165, 1.54) is 38.5 Å². The number of nitrogens with one attached hydrogen (secondary N) is 3. The van der Waals surface area contributed by atoms with E-state index in [1.807, 2.05) is 0 Å². The van der Waals surface area contributed by atoms with Crippen molar-refractivity contribution < 1.29 is 14.3 Å². The van der Waals surface area contributed by atoms with E-state index in [9.17, 15) is 9.59 Å². The molecule has 0 aromatic heterocycles. The Hall–Kier alpha value is -0.850. The predicted molar refractivity (Wildman–Crippen MR) is 103 cm³/mol. The Morgan fingerprint density at radius 3 is 2.12 bits per heavy atom. The summed E-state index contributed by atoms with van der Waals surface area (Å²) in [5, 5.41) is 8.81. The molecule has 0 aromatic carbocycles. The van der Waals surface area contributed by atoms with Crippen molar-refractivity contribution in [1.29, 1.82) is 0 Å². The number of hydrogen-bond donors (Lipinski definition) is 3. The molecule has 6 nitrogen and oxygen atoms in total. The van der Waals surface area contributed by atoms with Crippen LogP contribution in [0.4, 0.5) is 0 Å². The Balaban J connectivity index is 0.00000243. The van der Waals surface area contributed by atoms with E-state index in [2.05, 4.69) is 16.0 Å². The van der Waals surface area contributed by atoms with Gasteiger partial charge in [0.15, 0.2) is 0 Å². The molecule has 0 radical (unpaired) electrons. The van der Waals surface area contributed by atoms with Gasteiger partial charge in [-0.05, 0) is 61.7 Å². The zero-order valence-electron chi connectivity index (χ0n) is 15.9. The number of amides is 2. The lowest BCUT2D eigenvalue weighted by molar-refractivity contribution is -0.131. The number of methoxy groups -OCH3 is 1. The molecule has 4 aliphatic carbocycles. The van der Waals surface area contributed by atoms with Gasteiger partial charge in [0.25, 0.3) is 0 Å². The molecule has 0 unspecified atom stereocenters. The fraction of sp³-hybridized carbons (Fsp3) is 0.895. The van der Waals surface area contributed by atoms with E-state index >= 15 is 0 Å². The van der Waals surface area contributed by atoms with E-state index in [4.69, 9.17) is 4.74 Å². The molecule has 150 valence electrons. The highest BCUT2D eigenvalue weighted by molar-refractivity contribution is 5.85. The van der Waals surface area contributed by atoms with Gasteiger partial charge in [0.1, 0.15) is 0 Å². The molecule has 7 heteroatoms. The molecule has 0 heterocycles. The van der Waals surface area contributed by atoms with Crippen molar-refractivity contribution in [1.82, 2.24) is 16.0 Å². The van der Waals surface area contributed by atoms with Crippen molar-refractivity contribution in [2.75, 3.05) is 39.9 Å². The van der Waals surface area contributed by atoms with E-state index in [1.54, 1.807) is 7.11 Å². The molecule has 0 aromatic rings. The van der Waals surface area contributed by atoms with Crippen LogP contribution in [0, 0.1) is 23.2 Å². The number of halogens is 1. The zero-order valence-corrected chi connectivity index (χ0v) is 16.7. The molecule has 4 bridgehead atoms. The highest BCUT2D eigenvalue weighted by Crippen LogP contribution is 2.61. The van der Waals surface area contributed by atoms with Crippen LogP contribution in [0.5, 0.6) is 0 Å². The van der Waals surface area contributed by atoms with Crippen molar-refractivity contribution in [3.8, 4) is 0 Å². The summed E-state index contributed by atoms with van der Waals surface area (Å²) in [7, 11) is 1.66. The van der Waals surface area contributed by atoms with Crippen LogP contribution < -0.4 is 16.0 Å². The average molecular weight is 388 g/mol. The monoisotopic (exact) mass is 387 g/mol. The maximum Gasteiger partial charge on any atom is 0.239 e. The molecule has 0 aliphatic heterocycles. The molecule has 3 N–H and O–H groups in total. The number of rotatable bonds is 10. The molecule has 4 aliphatic rings. The van der Waals surface area contributed by atoms with Crippen molar-refractivity contribution in [3.63, 3.8) is 0 Å². The van der Waals surface area contributed by atoms with Gasteiger partial charge in [0.2, 0.25) is 11.8 Å². The third-order valence-electron chi connectivity index (χ3n) is 6.25. The fourth-order valence-electron chi connectivity index (χ4n) is 5.74. The Labute approximate surface area is 163 Å². The third kappa shape index (κ3) is 5.83. The summed E-state index contributed by atoms with van der Waals surface area (Å²) >= 11 is 0. The van der Waals surface area contributed by atoms with E-state index in [0.717, 1.165) is 24.3 Å². The van der Waals surface area contributed by atoms with Crippen LogP contribution in [-0.2, 0) is 14.3 Å². The Morgan fingerprint density at radius 1 is 0.923 bits per heavy atom. The van der Waals surface area contributed by atoms with Crippen LogP contribution in [0.3, 0.4) is 0 Å². The summed E-state index contributed by atoms with van der Waals surface area (Å²) in [4.78, 5) is 24.2. The highest BCUT2D eigenvalue weighted by Gasteiger charge is 2.51. The van der Waals surface area contributed by atoms with Gasteiger partial charge in [-0.1, -0.05) is 0 Å². The molecule has 0 spiro atoms. The minimum atomic E-state index is -0.118. The van der Waals surface area contributed by atoms with E-state index in [-0.39, 0.29) is 36.2 Å². The molecule has 0 atom stereocenters. The largest absolute Gasteiger partial charge is 0.383 e. The number of carbonyl (C=O) groups is 2. The molecule has 4 saturated carbocycles. The second kappa shape index (κ2) is 9.90. The van der Waals surface area contributed by atoms with Crippen LogP contribution in [0.1, 0.15) is 44.9 Å². The molecular formula is C19H34ClN3O3. The van der Waals surface area contributed by atoms with Gasteiger partial charge in [-0.2, -0.15) is 0 Å². The van der Waals surface area contributed by atoms with Crippen LogP contribution in [0.2, 0.25) is 0 Å². The summed E-state index contributed by atoms with van der Waals surface area (Å²) < 4.78 is 4.94. The predicted octanol–water partition coefficient (Wildman–Crippen LogP) is 1.48. The molecule has 4 rings (SSSR count). The Kier molecular flexibility index (Phi) is 8.17. The highest BCUT2D eigenvalue weighted by atomic mass is 35.5. The number of carbonyl (C=O) groups excluding carboxylic acids is 2. The van der Waals surface area contributed by atoms with Crippen molar-refractivity contribution in [2.45, 2.75) is 44.9 Å². The Bertz CT molecular complexity index is 451. The van der Waals surface area contributed by atoms with Crippen LogP contribution >= 0.6 is 12.4 Å². The second-order valence-electron chi connectivity index (χ2n) is 8.46. The zero-order chi connectivity index (χ0) is 17.7. The van der Waals surface area contributed by atoms with Crippen molar-refractivity contribution in [3.05, 3.63) is 0 Å². The van der Waals surface area contributed by atoms with E-state index < -0.39 is 0 Å². The average Bonchev–Trinajstić information content (AvgIpc) is 2.54. The first-order valence-electron chi connectivity index (χ1n) is 9.81. The standard InChI is InChI=1S/C19H33N3O3.ClH/c1-25-5-4-20-2-3-21-18(24)13-22-17(23)12-19-9-14-6-15(10-19)8-16(7-14)11-19;/h14-16,20H,2-13H2,1H3,(H,21,24)(H,22,23);1H. The summed E-state index contributed by atoms with van der Waals surface area (Å²) in [6, 6.07) is 0. The summed E-state index contributed by atoms with van der Waals surface area (Å²) in [6.45, 7) is 2.79. The molecule has 26 heavy (non-hydrogen) atoms. The normalized spacial score (nSPS) is 31.3. The SMILES string of the molecule is COCCNCCNC(=O)CNC(=O)CC12CC3CC(CC(C3)C1)C2.Cl. The lowest BCUT2D eigenvalue weighted by atomic mass is 9.49. The maximum atomic E-state index is 12.4. The van der Waals surface area contributed by atoms with E-state index in [0.29, 0.717) is 26.1 Å². The third-order valence-corrected chi connectivity index (χ3v) is 6.25. The maximum absolute atomic E-state index is 12.4. The van der Waals surface area contributed by atoms with Gasteiger partial charge in [-0.15, -0.1) is 12.4 Å². The molecule has 0 saturated heterocycles. The number of hydrogen-bond acceptors (Lipinski definition) is 4. The molecular weight excluding hydrogens is 354 g/mol. The van der Waals surface area contributed by atoms with Gasteiger partial charge < -0.3 is 20.7 Å². The van der Waals surface area contributed by atoms with Gasteiger partial charge in [0.05, 0.1) is 13.2 Å². The quantitative estimate of drug-likeness (QED) is 0.496. The first kappa shape index (κ1) is 21.5. The summed E-state index contributed by atoms with van der Waals surface area (Å²) in [5.41, 5.74) is 0.237. The number of ether oxygens (including phenoxy) is 1. The lowest BCUT2D eigenvalue weighted by Gasteiger charge is -2.56. The van der Waals surface area contributed by atoms with Crippen LogP contribution in [-0.4, -0.2) is 51.7 Å². The van der Waals surface area contributed by atoms with Crippen molar-refractivity contribution in [2.24, 2.45) is 23.2 Å². The van der Waals surface area contributed by atoms with Gasteiger partial charge in [-0.25, -0.2) is 0 Å². The minimum Gasteiger partial charge on any atom is -0.383 e.